The number of aryl methyl sites for hydroxylation is 1. The first-order valence-electron chi connectivity index (χ1n) is 35.7. The van der Waals surface area contributed by atoms with E-state index in [1.807, 2.05) is 49.4 Å². The Kier molecular flexibility index (Phi) is 22.3. The number of anilines is 3. The third-order valence-corrected chi connectivity index (χ3v) is 22.4. The molecule has 0 bridgehead atoms. The number of ether oxygens (including phenoxy) is 2. The third kappa shape index (κ3) is 18.3. The zero-order valence-corrected chi connectivity index (χ0v) is 59.6. The van der Waals surface area contributed by atoms with E-state index in [0.29, 0.717) is 93.2 Å². The molecule has 5 aromatic rings. The molecule has 27 heteroatoms. The summed E-state index contributed by atoms with van der Waals surface area (Å²) in [6, 6.07) is 15.8. The number of carbonyl (C=O) groups excluding carboxylic acids is 6. The molecule has 2 aromatic heterocycles. The number of halogens is 3. The van der Waals surface area contributed by atoms with Crippen LogP contribution >= 0.6 is 11.3 Å². The highest BCUT2D eigenvalue weighted by molar-refractivity contribution is 7.13. The fraction of sp³-hybridized carbons (Fsp3) is 0.581. The molecule has 7 aliphatic rings. The molecule has 5 aliphatic heterocycles. The molecule has 3 aromatic carbocycles. The van der Waals surface area contributed by atoms with Crippen molar-refractivity contribution in [1.82, 2.24) is 56.2 Å². The first-order chi connectivity index (χ1) is 48.2. The Labute approximate surface area is 592 Å². The van der Waals surface area contributed by atoms with Gasteiger partial charge in [-0.2, -0.15) is 0 Å². The average molecular weight is 1420 g/mol. The van der Waals surface area contributed by atoms with E-state index in [9.17, 15) is 38.3 Å². The zero-order valence-electron chi connectivity index (χ0n) is 58.8. The molecule has 7 fully saturated rings. The maximum absolute atomic E-state index is 15.8. The van der Waals surface area contributed by atoms with Gasteiger partial charge in [-0.25, -0.2) is 28.1 Å². The Bertz CT molecular complexity index is 3820. The summed E-state index contributed by atoms with van der Waals surface area (Å²) >= 11 is 1.46. The van der Waals surface area contributed by atoms with Crippen molar-refractivity contribution in [3.63, 3.8) is 0 Å². The minimum absolute atomic E-state index is 0.00169. The van der Waals surface area contributed by atoms with Crippen LogP contribution in [0.3, 0.4) is 0 Å². The SMILES string of the molecule is Cc1ncsc1-c1ccc(CNC(=O)[C@@H]2C[C@@H](O)CN2C(=O)[C@@H](NC(=O)C2(F)CC2)C(C)(C)C)c(OCC(=O)NCCCN2C[C@H]3CC(OCC(=O)NCc4cccc(CNc5cc(N6CCC7(CC6)CN(c6cc(F)c(CN8CCC(C)(C)CC8)cc6F)CC(=O)N7)ncn5)c4)C[C@H]3C2)c1. The van der Waals surface area contributed by atoms with Crippen LogP contribution in [0.25, 0.3) is 10.4 Å². The minimum Gasteiger partial charge on any atom is -0.483 e. The molecule has 23 nitrogen and oxygen atoms in total. The van der Waals surface area contributed by atoms with Crippen LogP contribution in [-0.2, 0) is 59.7 Å². The highest BCUT2D eigenvalue weighted by Gasteiger charge is 2.54. The fourth-order valence-electron chi connectivity index (χ4n) is 15.1. The summed E-state index contributed by atoms with van der Waals surface area (Å²) in [4.78, 5) is 104. The predicted octanol–water partition coefficient (Wildman–Crippen LogP) is 6.94. The lowest BCUT2D eigenvalue weighted by molar-refractivity contribution is -0.145. The molecule has 544 valence electrons. The van der Waals surface area contributed by atoms with Crippen LogP contribution in [-0.4, -0.2) is 191 Å². The highest BCUT2D eigenvalue weighted by Crippen LogP contribution is 2.42. The Morgan fingerprint density at radius 2 is 1.51 bits per heavy atom. The van der Waals surface area contributed by atoms with Gasteiger partial charge in [-0.05, 0) is 136 Å². The maximum Gasteiger partial charge on any atom is 0.258 e. The van der Waals surface area contributed by atoms with Gasteiger partial charge in [0.25, 0.3) is 11.8 Å². The molecular weight excluding hydrogens is 1320 g/mol. The molecule has 6 amide bonds. The summed E-state index contributed by atoms with van der Waals surface area (Å²) in [6.45, 7) is 18.6. The van der Waals surface area contributed by atoms with Crippen LogP contribution in [0.15, 0.2) is 72.5 Å². The number of hydrogen-bond acceptors (Lipinski definition) is 18. The van der Waals surface area contributed by atoms with Gasteiger partial charge >= 0.3 is 0 Å². The molecule has 101 heavy (non-hydrogen) atoms. The number of amides is 6. The van der Waals surface area contributed by atoms with Gasteiger partial charge in [-0.3, -0.25) is 33.7 Å². The Balaban J connectivity index is 0.534. The Hall–Kier alpha value is -7.98. The molecule has 1 unspecified atom stereocenters. The number of piperidine rings is 2. The van der Waals surface area contributed by atoms with Gasteiger partial charge in [-0.15, -0.1) is 11.3 Å². The van der Waals surface area contributed by atoms with Crippen molar-refractivity contribution in [3.05, 3.63) is 112 Å². The monoisotopic (exact) mass is 1410 g/mol. The van der Waals surface area contributed by atoms with E-state index < -0.39 is 64.2 Å². The van der Waals surface area contributed by atoms with Crippen LogP contribution in [0.2, 0.25) is 0 Å². The van der Waals surface area contributed by atoms with Crippen molar-refractivity contribution in [2.24, 2.45) is 22.7 Å². The van der Waals surface area contributed by atoms with Gasteiger partial charge in [0.05, 0.1) is 46.1 Å². The van der Waals surface area contributed by atoms with Crippen LogP contribution < -0.4 is 46.4 Å². The second kappa shape index (κ2) is 30.9. The van der Waals surface area contributed by atoms with E-state index in [1.165, 1.54) is 34.7 Å². The number of hydrogen-bond donors (Lipinski definition) is 7. The molecule has 5 saturated heterocycles. The number of piperazine rings is 1. The van der Waals surface area contributed by atoms with Crippen LogP contribution in [0, 0.1) is 41.2 Å². The van der Waals surface area contributed by atoms with Crippen molar-refractivity contribution in [2.75, 3.05) is 100 Å². The predicted molar refractivity (Wildman–Crippen MR) is 377 cm³/mol. The number of alkyl halides is 1. The standard InChI is InChI=1S/C74H97F3N14O9S/c1-46-66(101-45-84-46)49-11-12-50(35-81-68(96)59-30-54(92)39-91(59)69(97)67(71(2,3)4)85-70(98)74(77)13-14-74)60(29-49)100-42-64(94)78-19-8-20-88-36-51-26-55(27-52(51)37-88)99-41-65(95)80-34-48-10-7-9-47(25-48)33-79-61-32-62(83-44-82-61)89-23-17-73(18-24-89)43-90(40-63(93)86-73)58-31-56(75)53(28-57(58)76)38-87-21-15-72(5,6)16-22-87/h7,9-12,25,28-29,31-32,44-45,51-52,54-55,59,67,92H,8,13-24,26-27,30,33-43H2,1-6H3,(H,78,94)(H,80,95)(H,81,96)(H,85,98)(H,86,93)(H,79,82,83)/t51-,52+,54-,55?,59+,67-/m1/s1. The van der Waals surface area contributed by atoms with Crippen molar-refractivity contribution in [3.8, 4) is 16.2 Å². The second-order valence-electron chi connectivity index (χ2n) is 30.8. The lowest BCUT2D eigenvalue weighted by Crippen LogP contribution is -2.66. The third-order valence-electron chi connectivity index (χ3n) is 21.4. The molecule has 12 rings (SSSR count). The topological polar surface area (TPSA) is 268 Å². The molecule has 0 radical (unpaired) electrons. The second-order valence-corrected chi connectivity index (χ2v) is 31.7. The van der Waals surface area contributed by atoms with E-state index in [2.05, 4.69) is 75.4 Å². The fourth-order valence-corrected chi connectivity index (χ4v) is 15.9. The van der Waals surface area contributed by atoms with Gasteiger partial charge in [-0.1, -0.05) is 71.0 Å². The summed E-state index contributed by atoms with van der Waals surface area (Å²) in [7, 11) is 0. The molecule has 2 saturated carbocycles. The number of rotatable bonds is 26. The van der Waals surface area contributed by atoms with Crippen molar-refractivity contribution < 1.29 is 56.5 Å². The highest BCUT2D eigenvalue weighted by atomic mass is 32.1. The first-order valence-corrected chi connectivity index (χ1v) is 36.6. The van der Waals surface area contributed by atoms with Gasteiger partial charge in [0, 0.05) is 102 Å². The maximum atomic E-state index is 15.8. The smallest absolute Gasteiger partial charge is 0.258 e. The molecule has 1 spiro atoms. The molecule has 7 N–H and O–H groups in total. The number of carbonyl (C=O) groups is 6. The van der Waals surface area contributed by atoms with Crippen LogP contribution in [0.5, 0.6) is 5.75 Å². The van der Waals surface area contributed by atoms with E-state index in [1.54, 1.807) is 37.2 Å². The van der Waals surface area contributed by atoms with Gasteiger partial charge in [0.2, 0.25) is 23.6 Å². The number of likely N-dealkylation sites (tertiary alicyclic amines) is 3. The number of aliphatic hydroxyl groups excluding tert-OH is 1. The normalized spacial score (nSPS) is 22.7. The van der Waals surface area contributed by atoms with Crippen LogP contribution in [0.1, 0.15) is 127 Å². The number of thiazole rings is 1. The first kappa shape index (κ1) is 72.8. The largest absolute Gasteiger partial charge is 0.483 e. The van der Waals surface area contributed by atoms with Gasteiger partial charge < -0.3 is 66.1 Å². The number of nitrogens with one attached hydrogen (secondary N) is 6. The zero-order chi connectivity index (χ0) is 71.4. The quantitative estimate of drug-likeness (QED) is 0.0277. The van der Waals surface area contributed by atoms with Gasteiger partial charge in [0.1, 0.15) is 54.0 Å². The van der Waals surface area contributed by atoms with E-state index in [-0.39, 0.29) is 87.0 Å². The number of fused-ring (bicyclic) bond motifs is 1. The number of nitrogens with zero attached hydrogens (tertiary/aromatic N) is 8. The van der Waals surface area contributed by atoms with Crippen molar-refractivity contribution >= 4 is 64.1 Å². The minimum atomic E-state index is -2.00. The molecule has 2 aliphatic carbocycles. The summed E-state index contributed by atoms with van der Waals surface area (Å²) in [5.74, 6) is -0.962. The summed E-state index contributed by atoms with van der Waals surface area (Å²) in [5.41, 5.74) is 3.18. The number of β-amino-alcohol motifs (C(OH)–C–C–N with tert-alkyl or cyclic N) is 1. The van der Waals surface area contributed by atoms with Crippen molar-refractivity contribution in [1.29, 1.82) is 0 Å². The molecular formula is C74H97F3N14O9S. The number of benzene rings is 3. The summed E-state index contributed by atoms with van der Waals surface area (Å²) in [6.07, 6.45) is 6.37. The Morgan fingerprint density at radius 1 is 0.782 bits per heavy atom. The average Bonchev–Trinajstić information content (AvgIpc) is 1.77. The van der Waals surface area contributed by atoms with Gasteiger partial charge in [0.15, 0.2) is 12.3 Å². The summed E-state index contributed by atoms with van der Waals surface area (Å²) < 4.78 is 58.5. The Morgan fingerprint density at radius 3 is 2.23 bits per heavy atom. The summed E-state index contributed by atoms with van der Waals surface area (Å²) in [5, 5.41) is 28.8. The van der Waals surface area contributed by atoms with E-state index in [4.69, 9.17) is 9.47 Å². The number of aromatic nitrogens is 3. The lowest BCUT2D eigenvalue weighted by Gasteiger charge is -2.48. The van der Waals surface area contributed by atoms with Crippen LogP contribution in [0.4, 0.5) is 30.5 Å². The van der Waals surface area contributed by atoms with Crippen molar-refractivity contribution in [2.45, 2.75) is 167 Å². The van der Waals surface area contributed by atoms with E-state index in [0.717, 1.165) is 97.9 Å². The molecule has 6 atom stereocenters. The van der Waals surface area contributed by atoms with E-state index >= 15 is 8.78 Å². The number of aliphatic hydroxyl groups is 1. The lowest BCUT2D eigenvalue weighted by atomic mass is 9.82. The molecule has 7 heterocycles.